The Bertz CT molecular complexity index is 1080. The van der Waals surface area contributed by atoms with Crippen LogP contribution in [0.2, 0.25) is 0 Å². The smallest absolute Gasteiger partial charge is 0.348 e. The second kappa shape index (κ2) is 14.5. The summed E-state index contributed by atoms with van der Waals surface area (Å²) >= 11 is 0. The lowest BCUT2D eigenvalue weighted by Gasteiger charge is -2.44. The molecule has 0 aromatic rings. The highest BCUT2D eigenvalue weighted by molar-refractivity contribution is 7.90. The summed E-state index contributed by atoms with van der Waals surface area (Å²) in [6.45, 7) is 12.9. The lowest BCUT2D eigenvalue weighted by atomic mass is 9.99. The highest BCUT2D eigenvalue weighted by Crippen LogP contribution is 2.33. The van der Waals surface area contributed by atoms with Crippen molar-refractivity contribution in [2.24, 2.45) is 0 Å². The average Bonchev–Trinajstić information content (AvgIpc) is 2.75. The first-order valence-electron chi connectivity index (χ1n) is 12.5. The van der Waals surface area contributed by atoms with Crippen LogP contribution in [0.1, 0.15) is 69.2 Å². The fourth-order valence-electron chi connectivity index (χ4n) is 3.45. The van der Waals surface area contributed by atoms with Crippen LogP contribution < -0.4 is 0 Å². The molecule has 6 atom stereocenters. The van der Waals surface area contributed by atoms with Gasteiger partial charge in [-0.15, -0.1) is 0 Å². The van der Waals surface area contributed by atoms with E-state index in [0.29, 0.717) is 6.08 Å². The van der Waals surface area contributed by atoms with Crippen LogP contribution in [-0.2, 0) is 72.7 Å². The molecule has 0 aliphatic carbocycles. The summed E-state index contributed by atoms with van der Waals surface area (Å²) in [7, 11) is -2.69. The van der Waals surface area contributed by atoms with Crippen LogP contribution in [0.25, 0.3) is 0 Å². The summed E-state index contributed by atoms with van der Waals surface area (Å²) in [6, 6.07) is 0. The molecule has 0 amide bonds. The lowest BCUT2D eigenvalue weighted by molar-refractivity contribution is -0.238. The molecule has 1 aliphatic rings. The summed E-state index contributed by atoms with van der Waals surface area (Å²) < 4.78 is 51.4. The molecule has 1 saturated heterocycles. The summed E-state index contributed by atoms with van der Waals surface area (Å²) in [5, 5.41) is 0. The number of carbonyl (C=O) groups excluding carboxylic acids is 6. The molecule has 15 heteroatoms. The minimum absolute atomic E-state index is 0.580. The van der Waals surface area contributed by atoms with Crippen molar-refractivity contribution in [1.29, 1.82) is 0 Å². The molecule has 0 aromatic heterocycles. The van der Waals surface area contributed by atoms with E-state index in [9.17, 15) is 33.0 Å². The summed E-state index contributed by atoms with van der Waals surface area (Å²) in [6.07, 6.45) is -5.64. The molecule has 0 bridgehead atoms. The first-order valence-corrected chi connectivity index (χ1v) is 13.7. The van der Waals surface area contributed by atoms with E-state index in [-0.39, 0.29) is 0 Å². The summed E-state index contributed by atoms with van der Waals surface area (Å²) in [5.74, 6) is -5.68. The van der Waals surface area contributed by atoms with Gasteiger partial charge in [0, 0.05) is 33.8 Å². The van der Waals surface area contributed by atoms with Crippen molar-refractivity contribution >= 4 is 46.6 Å². The van der Waals surface area contributed by atoms with Gasteiger partial charge in [0.25, 0.3) is 0 Å². The third-order valence-electron chi connectivity index (χ3n) is 4.63. The Kier molecular flexibility index (Phi) is 12.6. The predicted molar refractivity (Wildman–Crippen MR) is 140 cm³/mol. The maximum absolute atomic E-state index is 14.0. The molecule has 14 nitrogen and oxygen atoms in total. The van der Waals surface area contributed by atoms with Crippen molar-refractivity contribution in [3.8, 4) is 0 Å². The SMILES string of the molecule is CC(=O)OC[C@H]1O[C@@H]([S@](=O)/C(=C/C(=O)OC(C)(C)C)C(=O)OC(C)(C)C)[C@H](OC(C)=O)[C@@H](OC(C)=O)[C@H]1OC(C)=O. The average molecular weight is 607 g/mol. The molecule has 0 unspecified atom stereocenters. The molecule has 0 radical (unpaired) electrons. The van der Waals surface area contributed by atoms with E-state index in [1.807, 2.05) is 0 Å². The van der Waals surface area contributed by atoms with Crippen molar-refractivity contribution in [2.75, 3.05) is 6.61 Å². The normalized spacial score (nSPS) is 23.9. The Labute approximate surface area is 240 Å². The number of rotatable bonds is 9. The van der Waals surface area contributed by atoms with Gasteiger partial charge in [0.15, 0.2) is 23.7 Å². The summed E-state index contributed by atoms with van der Waals surface area (Å²) in [4.78, 5) is 72.7. The number of hydrogen-bond donors (Lipinski definition) is 0. The van der Waals surface area contributed by atoms with E-state index in [0.717, 1.165) is 27.7 Å². The van der Waals surface area contributed by atoms with Crippen LogP contribution in [0, 0.1) is 0 Å². The molecule has 232 valence electrons. The maximum Gasteiger partial charge on any atom is 0.348 e. The Balaban J connectivity index is 3.80. The van der Waals surface area contributed by atoms with Gasteiger partial charge in [-0.05, 0) is 41.5 Å². The topological polar surface area (TPSA) is 184 Å². The molecule has 0 spiro atoms. The van der Waals surface area contributed by atoms with Crippen molar-refractivity contribution in [3.63, 3.8) is 0 Å². The van der Waals surface area contributed by atoms with Crippen LogP contribution in [0.15, 0.2) is 11.0 Å². The maximum atomic E-state index is 14.0. The van der Waals surface area contributed by atoms with Gasteiger partial charge in [0.05, 0.1) is 10.8 Å². The molecular weight excluding hydrogens is 568 g/mol. The first kappa shape index (κ1) is 35.7. The Hall–Kier alpha value is -3.33. The van der Waals surface area contributed by atoms with Crippen molar-refractivity contribution in [1.82, 2.24) is 0 Å². The van der Waals surface area contributed by atoms with Gasteiger partial charge in [-0.2, -0.15) is 0 Å². The zero-order chi connectivity index (χ0) is 31.9. The number of carbonyl (C=O) groups is 6. The minimum Gasteiger partial charge on any atom is -0.463 e. The van der Waals surface area contributed by atoms with E-state index in [1.54, 1.807) is 20.8 Å². The van der Waals surface area contributed by atoms with Gasteiger partial charge >= 0.3 is 35.8 Å². The molecule has 0 saturated carbocycles. The lowest BCUT2D eigenvalue weighted by Crippen LogP contribution is -2.63. The van der Waals surface area contributed by atoms with Gasteiger partial charge in [0.1, 0.15) is 28.8 Å². The largest absolute Gasteiger partial charge is 0.463 e. The van der Waals surface area contributed by atoms with Crippen molar-refractivity contribution < 1.29 is 66.1 Å². The third kappa shape index (κ3) is 12.4. The highest BCUT2D eigenvalue weighted by Gasteiger charge is 2.55. The van der Waals surface area contributed by atoms with Gasteiger partial charge in [-0.3, -0.25) is 23.4 Å². The van der Waals surface area contributed by atoms with E-state index in [2.05, 4.69) is 0 Å². The van der Waals surface area contributed by atoms with Crippen LogP contribution in [0.4, 0.5) is 0 Å². The van der Waals surface area contributed by atoms with Gasteiger partial charge in [0.2, 0.25) is 0 Å². The fourth-order valence-corrected chi connectivity index (χ4v) is 4.82. The molecule has 0 aromatic carbocycles. The predicted octanol–water partition coefficient (Wildman–Crippen LogP) is 1.39. The molecule has 0 N–H and O–H groups in total. The van der Waals surface area contributed by atoms with E-state index >= 15 is 0 Å². The first-order chi connectivity index (χ1) is 18.6. The highest BCUT2D eigenvalue weighted by atomic mass is 32.2. The molecule has 1 heterocycles. The fraction of sp³-hybridized carbons (Fsp3) is 0.692. The molecular formula is C26H38O14S. The molecule has 1 aliphatic heterocycles. The molecule has 1 fully saturated rings. The van der Waals surface area contributed by atoms with Crippen LogP contribution in [-0.4, -0.2) is 87.7 Å². The van der Waals surface area contributed by atoms with Gasteiger partial charge < -0.3 is 33.2 Å². The Morgan fingerprint density at radius 2 is 1.17 bits per heavy atom. The van der Waals surface area contributed by atoms with Crippen LogP contribution in [0.5, 0.6) is 0 Å². The number of hydrogen-bond acceptors (Lipinski definition) is 14. The second-order valence-corrected chi connectivity index (χ2v) is 12.4. The van der Waals surface area contributed by atoms with Crippen molar-refractivity contribution in [3.05, 3.63) is 11.0 Å². The van der Waals surface area contributed by atoms with Crippen LogP contribution >= 0.6 is 0 Å². The molecule has 1 rings (SSSR count). The van der Waals surface area contributed by atoms with E-state index in [1.165, 1.54) is 20.8 Å². The monoisotopic (exact) mass is 606 g/mol. The van der Waals surface area contributed by atoms with Crippen LogP contribution in [0.3, 0.4) is 0 Å². The van der Waals surface area contributed by atoms with E-state index < -0.39 is 99.2 Å². The van der Waals surface area contributed by atoms with Gasteiger partial charge in [-0.1, -0.05) is 0 Å². The zero-order valence-electron chi connectivity index (χ0n) is 24.8. The third-order valence-corrected chi connectivity index (χ3v) is 6.15. The second-order valence-electron chi connectivity index (χ2n) is 10.9. The number of ether oxygens (including phenoxy) is 7. The van der Waals surface area contributed by atoms with E-state index in [4.69, 9.17) is 33.2 Å². The summed E-state index contributed by atoms with van der Waals surface area (Å²) in [5.41, 5.74) is -3.89. The Morgan fingerprint density at radius 1 is 0.707 bits per heavy atom. The van der Waals surface area contributed by atoms with Gasteiger partial charge in [-0.25, -0.2) is 9.59 Å². The van der Waals surface area contributed by atoms with Crippen molar-refractivity contribution in [2.45, 2.75) is 110 Å². The number of esters is 6. The Morgan fingerprint density at radius 3 is 1.61 bits per heavy atom. The zero-order valence-corrected chi connectivity index (χ0v) is 25.6. The quantitative estimate of drug-likeness (QED) is 0.208. The standard InChI is InChI=1S/C26H38O14S/c1-13(27)34-12-17-20(35-14(2)28)21(36-15(3)29)22(37-16(4)30)24(38-17)41(33)18(23(32)40-26(8,9)10)11-19(31)39-25(5,6)7/h11,17,20-22,24H,12H2,1-10H3/b18-11+/t17-,20+,21+,22-,24+,41-/m1/s1. The minimum atomic E-state index is -2.69. The molecule has 41 heavy (non-hydrogen) atoms.